The van der Waals surface area contributed by atoms with Crippen molar-refractivity contribution in [2.45, 2.75) is 0 Å². The van der Waals surface area contributed by atoms with Gasteiger partial charge in [-0.25, -0.2) is 0 Å². The van der Waals surface area contributed by atoms with Crippen molar-refractivity contribution in [3.8, 4) is 0 Å². The quantitative estimate of drug-likeness (QED) is 0.308. The van der Waals surface area contributed by atoms with Gasteiger partial charge in [-0.1, -0.05) is 0 Å². The number of hydrogen-bond donors (Lipinski definition) is 1. The van der Waals surface area contributed by atoms with Gasteiger partial charge in [0, 0.05) is 39.3 Å². The van der Waals surface area contributed by atoms with Gasteiger partial charge in [0.2, 0.25) is 0 Å². The molecule has 144 valence electrons. The number of carboxylic acid groups (broad SMARTS) is 4. The predicted octanol–water partition coefficient (Wildman–Crippen LogP) is -11.7. The molecule has 13 nitrogen and oxygen atoms in total. The first-order valence-electron chi connectivity index (χ1n) is 5.44. The monoisotopic (exact) mass is 421 g/mol. The number of carbonyl (C=O) groups excluding carboxylic acids is 4. The van der Waals surface area contributed by atoms with Crippen LogP contribution in [0.4, 0.5) is 0 Å². The molecule has 0 bridgehead atoms. The number of quaternary nitrogens is 1. The molecular formula is C10H20FeN3NaO10. The van der Waals surface area contributed by atoms with Crippen LogP contribution in [0, 0.1) is 0 Å². The van der Waals surface area contributed by atoms with Gasteiger partial charge < -0.3 is 56.7 Å². The Hall–Kier alpha value is -0.801. The molecule has 0 aliphatic carbocycles. The number of carboxylic acids is 4. The number of carbonyl (C=O) groups is 4. The average Bonchev–Trinajstić information content (AvgIpc) is 2.22. The van der Waals surface area contributed by atoms with E-state index in [1.807, 2.05) is 0 Å². The van der Waals surface area contributed by atoms with Crippen molar-refractivity contribution in [3.05, 3.63) is 0 Å². The number of rotatable bonds is 11. The van der Waals surface area contributed by atoms with Crippen molar-refractivity contribution in [1.29, 1.82) is 0 Å². The van der Waals surface area contributed by atoms with E-state index in [9.17, 15) is 39.6 Å². The van der Waals surface area contributed by atoms with Crippen molar-refractivity contribution in [3.63, 3.8) is 0 Å². The first-order chi connectivity index (χ1) is 9.20. The molecule has 0 aliphatic heterocycles. The fourth-order valence-electron chi connectivity index (χ4n) is 1.44. The van der Waals surface area contributed by atoms with Crippen LogP contribution in [0.3, 0.4) is 0 Å². The van der Waals surface area contributed by atoms with Gasteiger partial charge >= 0.3 is 46.6 Å². The van der Waals surface area contributed by atoms with Gasteiger partial charge in [0.1, 0.15) is 0 Å². The topological polar surface area (TPSA) is 266 Å². The maximum absolute atomic E-state index is 10.4. The number of hydrogen-bond acceptors (Lipinski definition) is 10. The Bertz CT molecular complexity index is 333. The van der Waals surface area contributed by atoms with Crippen molar-refractivity contribution in [2.75, 3.05) is 39.3 Å². The summed E-state index contributed by atoms with van der Waals surface area (Å²) in [6.07, 6.45) is 0. The van der Waals surface area contributed by atoms with E-state index in [4.69, 9.17) is 0 Å². The Morgan fingerprint density at radius 2 is 0.760 bits per heavy atom. The van der Waals surface area contributed by atoms with Gasteiger partial charge in [-0.2, -0.15) is 0 Å². The number of nitrogens with zero attached hydrogens (tertiary/aromatic N) is 2. The molecule has 0 saturated heterocycles. The second-order valence-electron chi connectivity index (χ2n) is 3.91. The SMILES string of the molecule is O.O.O=C([O-])CN(CCN(CC(=O)[O-])CC(=O)[O-])CC(=O)[O-].[Fe+2].[NH4+].[Na+]. The number of aliphatic carboxylic acids is 4. The average molecular weight is 421 g/mol. The van der Waals surface area contributed by atoms with Crippen molar-refractivity contribution >= 4 is 23.9 Å². The molecule has 0 saturated carbocycles. The zero-order chi connectivity index (χ0) is 15.7. The molecule has 0 aromatic carbocycles. The van der Waals surface area contributed by atoms with E-state index in [1.165, 1.54) is 0 Å². The summed E-state index contributed by atoms with van der Waals surface area (Å²) < 4.78 is 0. The summed E-state index contributed by atoms with van der Waals surface area (Å²) in [5, 5.41) is 41.6. The molecule has 8 N–H and O–H groups in total. The minimum absolute atomic E-state index is 0. The van der Waals surface area contributed by atoms with Gasteiger partial charge in [-0.3, -0.25) is 9.80 Å². The van der Waals surface area contributed by atoms with Crippen LogP contribution in [-0.4, -0.2) is 83.9 Å². The first kappa shape index (κ1) is 39.3. The van der Waals surface area contributed by atoms with E-state index >= 15 is 0 Å². The summed E-state index contributed by atoms with van der Waals surface area (Å²) >= 11 is 0. The standard InChI is InChI=1S/C10H16N2O8.Fe.H3N.Na.2H2O/c13-7(14)3-11(4-8(15)16)1-2-12(5-9(17)18)6-10(19)20;;;;;/h1-6H2,(H,13,14)(H,15,16)(H,17,18)(H,19,20);;1H3;;2*1H2/q;+2;;+1;;/p-3. The minimum Gasteiger partial charge on any atom is -0.549 e. The molecule has 0 rings (SSSR count). The van der Waals surface area contributed by atoms with Crippen LogP contribution in [0.1, 0.15) is 0 Å². The van der Waals surface area contributed by atoms with E-state index in [2.05, 4.69) is 0 Å². The summed E-state index contributed by atoms with van der Waals surface area (Å²) in [4.78, 5) is 43.4. The van der Waals surface area contributed by atoms with Gasteiger partial charge in [0.25, 0.3) is 0 Å². The van der Waals surface area contributed by atoms with Crippen LogP contribution >= 0.6 is 0 Å². The molecule has 0 radical (unpaired) electrons. The second-order valence-corrected chi connectivity index (χ2v) is 3.91. The van der Waals surface area contributed by atoms with Crippen LogP contribution in [-0.2, 0) is 36.2 Å². The summed E-state index contributed by atoms with van der Waals surface area (Å²) in [6, 6.07) is 0. The Kier molecular flexibility index (Phi) is 33.4. The van der Waals surface area contributed by atoms with E-state index in [-0.39, 0.29) is 76.8 Å². The summed E-state index contributed by atoms with van der Waals surface area (Å²) in [6.45, 7) is -3.25. The fourth-order valence-corrected chi connectivity index (χ4v) is 1.44. The van der Waals surface area contributed by atoms with Crippen molar-refractivity contribution < 1.29 is 97.2 Å². The third-order valence-electron chi connectivity index (χ3n) is 2.14. The van der Waals surface area contributed by atoms with Gasteiger partial charge in [0.15, 0.2) is 0 Å². The third kappa shape index (κ3) is 25.6. The largest absolute Gasteiger partial charge is 2.00 e. The van der Waals surface area contributed by atoms with E-state index in [0.29, 0.717) is 0 Å². The smallest absolute Gasteiger partial charge is 0.549 e. The molecule has 0 unspecified atom stereocenters. The molecule has 25 heavy (non-hydrogen) atoms. The van der Waals surface area contributed by atoms with Crippen LogP contribution in [0.2, 0.25) is 0 Å². The van der Waals surface area contributed by atoms with Crippen molar-refractivity contribution in [1.82, 2.24) is 16.0 Å². The molecule has 0 spiro atoms. The van der Waals surface area contributed by atoms with Gasteiger partial charge in [0.05, 0.1) is 23.9 Å². The molecule has 0 fully saturated rings. The zero-order valence-corrected chi connectivity index (χ0v) is 16.9. The molecule has 0 heterocycles. The molecule has 0 aromatic heterocycles. The first-order valence-corrected chi connectivity index (χ1v) is 5.44. The molecule has 0 aliphatic rings. The van der Waals surface area contributed by atoms with E-state index in [1.54, 1.807) is 0 Å². The maximum atomic E-state index is 10.4. The fraction of sp³-hybridized carbons (Fsp3) is 0.600. The third-order valence-corrected chi connectivity index (χ3v) is 2.14. The Labute approximate surface area is 175 Å². The van der Waals surface area contributed by atoms with Crippen LogP contribution in [0.5, 0.6) is 0 Å². The summed E-state index contributed by atoms with van der Waals surface area (Å²) in [5.41, 5.74) is 0. The van der Waals surface area contributed by atoms with E-state index in [0.717, 1.165) is 9.80 Å². The Morgan fingerprint density at radius 1 is 0.600 bits per heavy atom. The molecule has 15 heteroatoms. The Balaban J connectivity index is -0.000000180. The maximum Gasteiger partial charge on any atom is 2.00 e. The summed E-state index contributed by atoms with van der Waals surface area (Å²) in [7, 11) is 0. The Morgan fingerprint density at radius 3 is 0.880 bits per heavy atom. The molecule has 0 aromatic rings. The van der Waals surface area contributed by atoms with Crippen LogP contribution < -0.4 is 56.1 Å². The second kappa shape index (κ2) is 21.2. The van der Waals surface area contributed by atoms with E-state index < -0.39 is 50.1 Å². The zero-order valence-electron chi connectivity index (χ0n) is 13.8. The molecule has 0 atom stereocenters. The summed E-state index contributed by atoms with van der Waals surface area (Å²) in [5.74, 6) is -6.12. The van der Waals surface area contributed by atoms with Crippen molar-refractivity contribution in [2.24, 2.45) is 0 Å². The minimum atomic E-state index is -1.53. The van der Waals surface area contributed by atoms with Gasteiger partial charge in [-0.15, -0.1) is 0 Å². The molecular weight excluding hydrogens is 401 g/mol. The van der Waals surface area contributed by atoms with Crippen LogP contribution in [0.15, 0.2) is 0 Å². The van der Waals surface area contributed by atoms with Gasteiger partial charge in [-0.05, 0) is 0 Å². The van der Waals surface area contributed by atoms with Crippen LogP contribution in [0.25, 0.3) is 0 Å². The predicted molar refractivity (Wildman–Crippen MR) is 66.1 cm³/mol. The molecule has 0 amide bonds. The normalized spacial score (nSPS) is 8.56.